The van der Waals surface area contributed by atoms with Crippen LogP contribution in [0.3, 0.4) is 0 Å². The SMILES string of the molecule is O=C(NCc1cccc2[nH]ncc12)c1csc(Cl)c1. The first-order valence-corrected chi connectivity index (χ1v) is 6.93. The van der Waals surface area contributed by atoms with E-state index in [0.29, 0.717) is 16.4 Å². The summed E-state index contributed by atoms with van der Waals surface area (Å²) in [5.41, 5.74) is 2.58. The number of nitrogens with one attached hydrogen (secondary N) is 2. The summed E-state index contributed by atoms with van der Waals surface area (Å²) in [5.74, 6) is -0.122. The van der Waals surface area contributed by atoms with Gasteiger partial charge in [0.1, 0.15) is 0 Å². The summed E-state index contributed by atoms with van der Waals surface area (Å²) in [7, 11) is 0. The maximum Gasteiger partial charge on any atom is 0.252 e. The predicted molar refractivity (Wildman–Crippen MR) is 76.6 cm³/mol. The fourth-order valence-electron chi connectivity index (χ4n) is 1.89. The lowest BCUT2D eigenvalue weighted by molar-refractivity contribution is 0.0951. The monoisotopic (exact) mass is 291 g/mol. The molecule has 2 heterocycles. The van der Waals surface area contributed by atoms with Crippen molar-refractivity contribution in [3.8, 4) is 0 Å². The fourth-order valence-corrected chi connectivity index (χ4v) is 2.75. The van der Waals surface area contributed by atoms with Gasteiger partial charge in [0, 0.05) is 17.3 Å². The van der Waals surface area contributed by atoms with Gasteiger partial charge in [0.05, 0.1) is 21.6 Å². The molecule has 3 aromatic rings. The Morgan fingerprint density at radius 2 is 2.37 bits per heavy atom. The fraction of sp³-hybridized carbons (Fsp3) is 0.0769. The summed E-state index contributed by atoms with van der Waals surface area (Å²) in [6.07, 6.45) is 1.76. The number of hydrogen-bond donors (Lipinski definition) is 2. The van der Waals surface area contributed by atoms with Crippen molar-refractivity contribution in [1.29, 1.82) is 0 Å². The average molecular weight is 292 g/mol. The quantitative estimate of drug-likeness (QED) is 0.778. The Labute approximate surface area is 118 Å². The number of thiophene rings is 1. The third kappa shape index (κ3) is 2.47. The van der Waals surface area contributed by atoms with E-state index in [0.717, 1.165) is 16.5 Å². The van der Waals surface area contributed by atoms with Crippen LogP contribution in [0.25, 0.3) is 10.9 Å². The topological polar surface area (TPSA) is 57.8 Å². The van der Waals surface area contributed by atoms with Crippen LogP contribution in [0.1, 0.15) is 15.9 Å². The van der Waals surface area contributed by atoms with Gasteiger partial charge in [-0.25, -0.2) is 0 Å². The van der Waals surface area contributed by atoms with E-state index in [2.05, 4.69) is 15.5 Å². The van der Waals surface area contributed by atoms with Crippen LogP contribution in [-0.2, 0) is 6.54 Å². The molecule has 0 fully saturated rings. The predicted octanol–water partition coefficient (Wildman–Crippen LogP) is 3.21. The van der Waals surface area contributed by atoms with Crippen molar-refractivity contribution in [1.82, 2.24) is 15.5 Å². The lowest BCUT2D eigenvalue weighted by Crippen LogP contribution is -2.22. The molecule has 1 aromatic carbocycles. The number of halogens is 1. The van der Waals surface area contributed by atoms with Gasteiger partial charge < -0.3 is 5.32 Å². The molecule has 96 valence electrons. The molecular weight excluding hydrogens is 282 g/mol. The van der Waals surface area contributed by atoms with Crippen molar-refractivity contribution < 1.29 is 4.79 Å². The van der Waals surface area contributed by atoms with E-state index in [9.17, 15) is 4.79 Å². The molecule has 6 heteroatoms. The summed E-state index contributed by atoms with van der Waals surface area (Å²) in [4.78, 5) is 11.9. The molecule has 0 spiro atoms. The van der Waals surface area contributed by atoms with Crippen LogP contribution in [0, 0.1) is 0 Å². The van der Waals surface area contributed by atoms with Crippen molar-refractivity contribution >= 4 is 39.7 Å². The second kappa shape index (κ2) is 5.03. The summed E-state index contributed by atoms with van der Waals surface area (Å²) in [6, 6.07) is 7.52. The van der Waals surface area contributed by atoms with Gasteiger partial charge in [0.25, 0.3) is 5.91 Å². The van der Waals surface area contributed by atoms with Gasteiger partial charge in [-0.3, -0.25) is 9.89 Å². The lowest BCUT2D eigenvalue weighted by Gasteiger charge is -2.05. The standard InChI is InChI=1S/C13H10ClN3OS/c14-12-4-9(7-19-12)13(18)15-5-8-2-1-3-11-10(8)6-16-17-11/h1-4,6-7H,5H2,(H,15,18)(H,16,17). The highest BCUT2D eigenvalue weighted by molar-refractivity contribution is 7.14. The van der Waals surface area contributed by atoms with Crippen molar-refractivity contribution in [2.45, 2.75) is 6.54 Å². The Morgan fingerprint density at radius 1 is 1.47 bits per heavy atom. The Morgan fingerprint density at radius 3 is 3.16 bits per heavy atom. The van der Waals surface area contributed by atoms with Gasteiger partial charge in [-0.05, 0) is 17.7 Å². The van der Waals surface area contributed by atoms with Crippen LogP contribution in [0.4, 0.5) is 0 Å². The van der Waals surface area contributed by atoms with E-state index >= 15 is 0 Å². The molecule has 0 aliphatic rings. The third-order valence-electron chi connectivity index (χ3n) is 2.84. The molecule has 0 aliphatic carbocycles. The zero-order valence-electron chi connectivity index (χ0n) is 9.81. The number of H-pyrrole nitrogens is 1. The highest BCUT2D eigenvalue weighted by Gasteiger charge is 2.09. The molecule has 0 radical (unpaired) electrons. The van der Waals surface area contributed by atoms with Crippen LogP contribution in [-0.4, -0.2) is 16.1 Å². The maximum atomic E-state index is 11.9. The smallest absolute Gasteiger partial charge is 0.252 e. The van der Waals surface area contributed by atoms with Gasteiger partial charge in [0.2, 0.25) is 0 Å². The molecule has 3 rings (SSSR count). The molecule has 2 aromatic heterocycles. The minimum Gasteiger partial charge on any atom is -0.348 e. The first kappa shape index (κ1) is 12.2. The highest BCUT2D eigenvalue weighted by atomic mass is 35.5. The highest BCUT2D eigenvalue weighted by Crippen LogP contribution is 2.20. The molecule has 0 saturated heterocycles. The summed E-state index contributed by atoms with van der Waals surface area (Å²) in [5, 5.41) is 12.5. The normalized spacial score (nSPS) is 10.8. The molecule has 0 atom stereocenters. The molecular formula is C13H10ClN3OS. The Balaban J connectivity index is 1.76. The van der Waals surface area contributed by atoms with E-state index in [1.54, 1.807) is 17.6 Å². The molecule has 0 saturated carbocycles. The number of aromatic amines is 1. The van der Waals surface area contributed by atoms with Gasteiger partial charge in [0.15, 0.2) is 0 Å². The van der Waals surface area contributed by atoms with Crippen LogP contribution in [0.2, 0.25) is 4.34 Å². The van der Waals surface area contributed by atoms with Crippen molar-refractivity contribution in [3.63, 3.8) is 0 Å². The summed E-state index contributed by atoms with van der Waals surface area (Å²) >= 11 is 7.16. The van der Waals surface area contributed by atoms with E-state index in [-0.39, 0.29) is 5.91 Å². The van der Waals surface area contributed by atoms with E-state index in [1.807, 2.05) is 18.2 Å². The zero-order chi connectivity index (χ0) is 13.2. The van der Waals surface area contributed by atoms with Crippen LogP contribution < -0.4 is 5.32 Å². The molecule has 2 N–H and O–H groups in total. The number of hydrogen-bond acceptors (Lipinski definition) is 3. The molecule has 0 aliphatic heterocycles. The van der Waals surface area contributed by atoms with Crippen molar-refractivity contribution in [2.75, 3.05) is 0 Å². The van der Waals surface area contributed by atoms with Crippen LogP contribution in [0.15, 0.2) is 35.8 Å². The number of fused-ring (bicyclic) bond motifs is 1. The minimum absolute atomic E-state index is 0.122. The average Bonchev–Trinajstić information content (AvgIpc) is 3.04. The summed E-state index contributed by atoms with van der Waals surface area (Å²) in [6.45, 7) is 0.461. The Bertz CT molecular complexity index is 734. The second-order valence-electron chi connectivity index (χ2n) is 4.07. The number of benzene rings is 1. The Kier molecular flexibility index (Phi) is 3.23. The molecule has 1 amide bonds. The first-order chi connectivity index (χ1) is 9.24. The number of nitrogens with zero attached hydrogens (tertiary/aromatic N) is 1. The number of carbonyl (C=O) groups excluding carboxylic acids is 1. The largest absolute Gasteiger partial charge is 0.348 e. The Hall–Kier alpha value is -1.85. The molecule has 4 nitrogen and oxygen atoms in total. The summed E-state index contributed by atoms with van der Waals surface area (Å²) < 4.78 is 0.613. The van der Waals surface area contributed by atoms with E-state index in [4.69, 9.17) is 11.6 Å². The van der Waals surface area contributed by atoms with E-state index in [1.165, 1.54) is 11.3 Å². The number of amides is 1. The number of carbonyl (C=O) groups is 1. The van der Waals surface area contributed by atoms with Crippen molar-refractivity contribution in [3.05, 3.63) is 51.3 Å². The molecule has 0 unspecified atom stereocenters. The number of rotatable bonds is 3. The third-order valence-corrected chi connectivity index (χ3v) is 3.94. The maximum absolute atomic E-state index is 11.9. The van der Waals surface area contributed by atoms with Crippen LogP contribution >= 0.6 is 22.9 Å². The zero-order valence-corrected chi connectivity index (χ0v) is 11.4. The number of aromatic nitrogens is 2. The lowest BCUT2D eigenvalue weighted by atomic mass is 10.1. The van der Waals surface area contributed by atoms with Gasteiger partial charge in [-0.1, -0.05) is 23.7 Å². The van der Waals surface area contributed by atoms with Crippen LogP contribution in [0.5, 0.6) is 0 Å². The van der Waals surface area contributed by atoms with Crippen molar-refractivity contribution in [2.24, 2.45) is 0 Å². The minimum atomic E-state index is -0.122. The van der Waals surface area contributed by atoms with Gasteiger partial charge >= 0.3 is 0 Å². The van der Waals surface area contributed by atoms with E-state index < -0.39 is 0 Å². The first-order valence-electron chi connectivity index (χ1n) is 5.67. The molecule has 0 bridgehead atoms. The second-order valence-corrected chi connectivity index (χ2v) is 5.61. The van der Waals surface area contributed by atoms with Gasteiger partial charge in [-0.15, -0.1) is 11.3 Å². The molecule has 19 heavy (non-hydrogen) atoms. The van der Waals surface area contributed by atoms with Gasteiger partial charge in [-0.2, -0.15) is 5.10 Å².